The van der Waals surface area contributed by atoms with Crippen molar-refractivity contribution in [1.29, 1.82) is 0 Å². The molecule has 30 heavy (non-hydrogen) atoms. The molecule has 0 bridgehead atoms. The molecule has 9 heteroatoms. The van der Waals surface area contributed by atoms with Crippen molar-refractivity contribution < 1.29 is 5.11 Å². The first kappa shape index (κ1) is 19.3. The van der Waals surface area contributed by atoms with Gasteiger partial charge >= 0.3 is 0 Å². The van der Waals surface area contributed by atoms with E-state index in [4.69, 9.17) is 5.73 Å². The highest BCUT2D eigenvalue weighted by atomic mass is 16.3. The SMILES string of the molecule is Nc1nc(Nc2ccccc2)nn1-c1cc(N[C@@H](CCO)c2ccccc2)ncn1. The van der Waals surface area contributed by atoms with Crippen LogP contribution in [0.4, 0.5) is 23.4 Å². The number of aliphatic hydroxyl groups excluding tert-OH is 1. The Labute approximate surface area is 173 Å². The maximum absolute atomic E-state index is 9.45. The van der Waals surface area contributed by atoms with Crippen LogP contribution in [0.15, 0.2) is 73.1 Å². The van der Waals surface area contributed by atoms with Crippen molar-refractivity contribution >= 4 is 23.4 Å². The molecule has 4 aromatic rings. The van der Waals surface area contributed by atoms with Gasteiger partial charge in [-0.25, -0.2) is 9.97 Å². The molecule has 4 rings (SSSR count). The summed E-state index contributed by atoms with van der Waals surface area (Å²) >= 11 is 0. The molecule has 0 radical (unpaired) electrons. The summed E-state index contributed by atoms with van der Waals surface area (Å²) in [7, 11) is 0. The van der Waals surface area contributed by atoms with E-state index in [1.165, 1.54) is 11.0 Å². The van der Waals surface area contributed by atoms with Crippen molar-refractivity contribution in [2.24, 2.45) is 0 Å². The summed E-state index contributed by atoms with van der Waals surface area (Å²) in [5.74, 6) is 1.64. The number of hydrogen-bond acceptors (Lipinski definition) is 8. The minimum Gasteiger partial charge on any atom is -0.396 e. The summed E-state index contributed by atoms with van der Waals surface area (Å²) < 4.78 is 1.45. The smallest absolute Gasteiger partial charge is 0.248 e. The molecule has 0 aliphatic rings. The van der Waals surface area contributed by atoms with Crippen LogP contribution >= 0.6 is 0 Å². The van der Waals surface area contributed by atoms with Crippen LogP contribution in [-0.4, -0.2) is 36.4 Å². The zero-order valence-corrected chi connectivity index (χ0v) is 16.2. The number of nitrogens with one attached hydrogen (secondary N) is 2. The highest BCUT2D eigenvalue weighted by Crippen LogP contribution is 2.23. The van der Waals surface area contributed by atoms with E-state index in [-0.39, 0.29) is 18.6 Å². The molecule has 1 atom stereocenters. The molecule has 0 aliphatic heterocycles. The molecule has 2 aromatic carbocycles. The molecule has 0 aliphatic carbocycles. The van der Waals surface area contributed by atoms with Crippen LogP contribution in [0.25, 0.3) is 5.82 Å². The molecule has 0 amide bonds. The number of aliphatic hydroxyl groups is 1. The Kier molecular flexibility index (Phi) is 5.81. The fourth-order valence-electron chi connectivity index (χ4n) is 3.05. The first-order valence-electron chi connectivity index (χ1n) is 9.52. The van der Waals surface area contributed by atoms with Crippen molar-refractivity contribution in [2.75, 3.05) is 23.0 Å². The minimum atomic E-state index is -0.0950. The number of rotatable bonds is 8. The molecule has 0 saturated carbocycles. The van der Waals surface area contributed by atoms with E-state index in [0.29, 0.717) is 24.0 Å². The van der Waals surface area contributed by atoms with Crippen LogP contribution in [0.5, 0.6) is 0 Å². The molecule has 0 saturated heterocycles. The summed E-state index contributed by atoms with van der Waals surface area (Å²) in [4.78, 5) is 12.8. The topological polar surface area (TPSA) is 127 Å². The van der Waals surface area contributed by atoms with Crippen molar-refractivity contribution in [1.82, 2.24) is 24.7 Å². The Morgan fingerprint density at radius 2 is 1.73 bits per heavy atom. The minimum absolute atomic E-state index is 0.0506. The van der Waals surface area contributed by atoms with Crippen molar-refractivity contribution in [3.8, 4) is 5.82 Å². The summed E-state index contributed by atoms with van der Waals surface area (Å²) in [6.07, 6.45) is 1.98. The normalized spacial score (nSPS) is 11.8. The van der Waals surface area contributed by atoms with Crippen LogP contribution < -0.4 is 16.4 Å². The second kappa shape index (κ2) is 9.01. The number of aromatic nitrogens is 5. The lowest BCUT2D eigenvalue weighted by molar-refractivity contribution is 0.280. The van der Waals surface area contributed by atoms with E-state index in [9.17, 15) is 5.11 Å². The predicted octanol–water partition coefficient (Wildman–Crippen LogP) is 2.92. The summed E-state index contributed by atoms with van der Waals surface area (Å²) in [5, 5.41) is 20.3. The van der Waals surface area contributed by atoms with E-state index >= 15 is 0 Å². The van der Waals surface area contributed by atoms with Gasteiger partial charge in [-0.1, -0.05) is 48.5 Å². The Bertz CT molecular complexity index is 1080. The van der Waals surface area contributed by atoms with Crippen LogP contribution in [0.2, 0.25) is 0 Å². The second-order valence-corrected chi connectivity index (χ2v) is 6.58. The van der Waals surface area contributed by atoms with Gasteiger partial charge in [-0.3, -0.25) is 0 Å². The van der Waals surface area contributed by atoms with Crippen LogP contribution in [0, 0.1) is 0 Å². The Balaban J connectivity index is 1.56. The zero-order chi connectivity index (χ0) is 20.8. The van der Waals surface area contributed by atoms with Crippen LogP contribution in [0.3, 0.4) is 0 Å². The van der Waals surface area contributed by atoms with Gasteiger partial charge in [0.05, 0.1) is 6.04 Å². The molecule has 0 fully saturated rings. The van der Waals surface area contributed by atoms with Crippen molar-refractivity contribution in [3.05, 3.63) is 78.6 Å². The summed E-state index contributed by atoms with van der Waals surface area (Å²) in [6, 6.07) is 21.1. The average Bonchev–Trinajstić information content (AvgIpc) is 3.15. The molecular formula is C21H22N8O. The van der Waals surface area contributed by atoms with Gasteiger partial charge in [0.2, 0.25) is 11.9 Å². The van der Waals surface area contributed by atoms with Crippen molar-refractivity contribution in [2.45, 2.75) is 12.5 Å². The molecule has 5 N–H and O–H groups in total. The molecule has 0 unspecified atom stereocenters. The van der Waals surface area contributed by atoms with Crippen molar-refractivity contribution in [3.63, 3.8) is 0 Å². The molecular weight excluding hydrogens is 380 g/mol. The third kappa shape index (κ3) is 4.53. The largest absolute Gasteiger partial charge is 0.396 e. The number of hydrogen-bond donors (Lipinski definition) is 4. The van der Waals surface area contributed by atoms with Gasteiger partial charge in [0.25, 0.3) is 0 Å². The quantitative estimate of drug-likeness (QED) is 0.354. The lowest BCUT2D eigenvalue weighted by Crippen LogP contribution is -2.14. The van der Waals surface area contributed by atoms with Gasteiger partial charge in [0, 0.05) is 18.4 Å². The number of para-hydroxylation sites is 1. The molecule has 2 aromatic heterocycles. The Morgan fingerprint density at radius 1 is 1.00 bits per heavy atom. The fourth-order valence-corrected chi connectivity index (χ4v) is 3.05. The number of nitrogens with two attached hydrogens (primary N) is 1. The first-order valence-corrected chi connectivity index (χ1v) is 9.52. The summed E-state index contributed by atoms with van der Waals surface area (Å²) in [5.41, 5.74) is 7.97. The van der Waals surface area contributed by atoms with Gasteiger partial charge in [-0.05, 0) is 24.1 Å². The third-order valence-corrected chi connectivity index (χ3v) is 4.47. The lowest BCUT2D eigenvalue weighted by Gasteiger charge is -2.19. The van der Waals surface area contributed by atoms with Gasteiger partial charge in [-0.15, -0.1) is 5.10 Å². The number of nitrogens with zero attached hydrogens (tertiary/aromatic N) is 5. The number of nitrogen functional groups attached to an aromatic ring is 1. The van der Waals surface area contributed by atoms with E-state index in [0.717, 1.165) is 11.3 Å². The highest BCUT2D eigenvalue weighted by molar-refractivity contribution is 5.54. The Hall–Kier alpha value is -3.98. The van der Waals surface area contributed by atoms with Gasteiger partial charge < -0.3 is 21.5 Å². The molecule has 152 valence electrons. The lowest BCUT2D eigenvalue weighted by atomic mass is 10.0. The van der Waals surface area contributed by atoms with Crippen LogP contribution in [0.1, 0.15) is 18.0 Å². The third-order valence-electron chi connectivity index (χ3n) is 4.47. The molecule has 9 nitrogen and oxygen atoms in total. The highest BCUT2D eigenvalue weighted by Gasteiger charge is 2.14. The Morgan fingerprint density at radius 3 is 2.47 bits per heavy atom. The van der Waals surface area contributed by atoms with E-state index in [2.05, 4.69) is 30.7 Å². The van der Waals surface area contributed by atoms with E-state index in [1.807, 2.05) is 60.7 Å². The molecule has 0 spiro atoms. The monoisotopic (exact) mass is 402 g/mol. The van der Waals surface area contributed by atoms with E-state index in [1.54, 1.807) is 6.07 Å². The summed E-state index contributed by atoms with van der Waals surface area (Å²) in [6.45, 7) is 0.0506. The number of benzene rings is 2. The van der Waals surface area contributed by atoms with Gasteiger partial charge in [0.1, 0.15) is 12.1 Å². The zero-order valence-electron chi connectivity index (χ0n) is 16.2. The standard InChI is InChI=1S/C21H22N8O/c22-20-27-21(25-16-9-5-2-6-10-16)28-29(20)19-13-18(23-14-24-19)26-17(11-12-30)15-7-3-1-4-8-15/h1-10,13-14,17,30H,11-12H2,(H,23,24,26)(H3,22,25,27,28)/t17-/m0/s1. The van der Waals surface area contributed by atoms with Gasteiger partial charge in [0.15, 0.2) is 5.82 Å². The maximum atomic E-state index is 9.45. The van der Waals surface area contributed by atoms with Crippen LogP contribution in [-0.2, 0) is 0 Å². The maximum Gasteiger partial charge on any atom is 0.248 e. The molecule has 2 heterocycles. The fraction of sp³-hybridized carbons (Fsp3) is 0.143. The predicted molar refractivity (Wildman–Crippen MR) is 116 cm³/mol. The van der Waals surface area contributed by atoms with Gasteiger partial charge in [-0.2, -0.15) is 9.67 Å². The second-order valence-electron chi connectivity index (χ2n) is 6.58. The number of anilines is 4. The van der Waals surface area contributed by atoms with E-state index < -0.39 is 0 Å². The average molecular weight is 402 g/mol. The first-order chi connectivity index (χ1) is 14.7.